The third kappa shape index (κ3) is 4.63. The Kier molecular flexibility index (Phi) is 5.24. The van der Waals surface area contributed by atoms with Gasteiger partial charge in [0, 0.05) is 4.47 Å². The van der Waals surface area contributed by atoms with E-state index in [2.05, 4.69) is 15.9 Å². The largest absolute Gasteiger partial charge is 0.647 e. The molecule has 6 heteroatoms. The van der Waals surface area contributed by atoms with Gasteiger partial charge in [-0.1, -0.05) is 58.4 Å². The number of phosphoric acid groups is 1. The molecule has 3 aromatic carbocycles. The molecule has 3 rings (SSSR count). The molecule has 24 heavy (non-hydrogen) atoms. The van der Waals surface area contributed by atoms with Crippen molar-refractivity contribution in [2.75, 3.05) is 0 Å². The van der Waals surface area contributed by atoms with Crippen molar-refractivity contribution in [2.45, 2.75) is 0 Å². The molecule has 0 spiro atoms. The SMILES string of the molecule is O=P(Oc1ccccc1)(Oc1ccccc1)Oc1cccc(Br)c1. The van der Waals surface area contributed by atoms with Crippen LogP contribution >= 0.6 is 23.8 Å². The third-order valence-corrected chi connectivity index (χ3v) is 4.73. The molecule has 0 aliphatic carbocycles. The first-order valence-electron chi connectivity index (χ1n) is 7.17. The molecular formula is C18H14BrO4P. The van der Waals surface area contributed by atoms with Crippen LogP contribution in [0.4, 0.5) is 0 Å². The number of para-hydroxylation sites is 2. The quantitative estimate of drug-likeness (QED) is 0.466. The van der Waals surface area contributed by atoms with Gasteiger partial charge in [-0.25, -0.2) is 0 Å². The first-order valence-corrected chi connectivity index (χ1v) is 9.43. The monoisotopic (exact) mass is 404 g/mol. The molecule has 3 aromatic rings. The molecular weight excluding hydrogens is 391 g/mol. The van der Waals surface area contributed by atoms with E-state index in [-0.39, 0.29) is 0 Å². The summed E-state index contributed by atoms with van der Waals surface area (Å²) < 4.78 is 30.6. The number of hydrogen-bond donors (Lipinski definition) is 0. The van der Waals surface area contributed by atoms with Crippen LogP contribution in [0.25, 0.3) is 0 Å². The van der Waals surface area contributed by atoms with E-state index in [0.29, 0.717) is 17.2 Å². The van der Waals surface area contributed by atoms with Crippen LogP contribution in [0.2, 0.25) is 0 Å². The van der Waals surface area contributed by atoms with Crippen molar-refractivity contribution in [3.05, 3.63) is 89.4 Å². The van der Waals surface area contributed by atoms with E-state index in [4.69, 9.17) is 13.6 Å². The maximum absolute atomic E-state index is 13.2. The second kappa shape index (κ2) is 7.56. The van der Waals surface area contributed by atoms with Crippen LogP contribution in [0, 0.1) is 0 Å². The summed E-state index contributed by atoms with van der Waals surface area (Å²) in [6, 6.07) is 24.5. The molecule has 4 nitrogen and oxygen atoms in total. The summed E-state index contributed by atoms with van der Waals surface area (Å²) in [5.41, 5.74) is 0. The van der Waals surface area contributed by atoms with Gasteiger partial charge in [-0.05, 0) is 42.5 Å². The van der Waals surface area contributed by atoms with E-state index in [1.165, 1.54) is 0 Å². The predicted molar refractivity (Wildman–Crippen MR) is 96.5 cm³/mol. The average Bonchev–Trinajstić information content (AvgIpc) is 2.56. The summed E-state index contributed by atoms with van der Waals surface area (Å²) in [4.78, 5) is 0. The van der Waals surface area contributed by atoms with Crippen molar-refractivity contribution in [1.82, 2.24) is 0 Å². The lowest BCUT2D eigenvalue weighted by atomic mass is 10.3. The number of rotatable bonds is 6. The van der Waals surface area contributed by atoms with Crippen LogP contribution in [0.1, 0.15) is 0 Å². The number of benzene rings is 3. The van der Waals surface area contributed by atoms with E-state index in [0.717, 1.165) is 4.47 Å². The molecule has 0 bridgehead atoms. The Balaban J connectivity index is 1.89. The molecule has 0 fully saturated rings. The molecule has 0 aromatic heterocycles. The molecule has 0 amide bonds. The number of phosphoric ester groups is 1. The van der Waals surface area contributed by atoms with Crippen LogP contribution in [0.15, 0.2) is 89.4 Å². The Bertz CT molecular complexity index is 794. The van der Waals surface area contributed by atoms with Crippen LogP contribution < -0.4 is 13.6 Å². The minimum atomic E-state index is -3.93. The lowest BCUT2D eigenvalue weighted by molar-refractivity contribution is 0.298. The van der Waals surface area contributed by atoms with Crippen LogP contribution in [0.5, 0.6) is 17.2 Å². The van der Waals surface area contributed by atoms with Crippen molar-refractivity contribution in [1.29, 1.82) is 0 Å². The van der Waals surface area contributed by atoms with Gasteiger partial charge in [0.15, 0.2) is 0 Å². The Hall–Kier alpha value is -2.23. The van der Waals surface area contributed by atoms with Crippen LogP contribution in [-0.4, -0.2) is 0 Å². The minimum Gasteiger partial charge on any atom is -0.386 e. The normalized spacial score (nSPS) is 10.9. The van der Waals surface area contributed by atoms with Gasteiger partial charge in [0.05, 0.1) is 0 Å². The number of hydrogen-bond acceptors (Lipinski definition) is 4. The summed E-state index contributed by atoms with van der Waals surface area (Å²) in [6.45, 7) is 0. The molecule has 0 aliphatic rings. The zero-order chi connectivity index (χ0) is 16.8. The van der Waals surface area contributed by atoms with Crippen molar-refractivity contribution >= 4 is 23.8 Å². The van der Waals surface area contributed by atoms with Gasteiger partial charge in [0.2, 0.25) is 0 Å². The van der Waals surface area contributed by atoms with Gasteiger partial charge < -0.3 is 13.6 Å². The van der Waals surface area contributed by atoms with Crippen molar-refractivity contribution in [3.63, 3.8) is 0 Å². The molecule has 0 N–H and O–H groups in total. The Morgan fingerprint density at radius 2 is 1.08 bits per heavy atom. The smallest absolute Gasteiger partial charge is 0.386 e. The maximum atomic E-state index is 13.2. The fraction of sp³-hybridized carbons (Fsp3) is 0. The van der Waals surface area contributed by atoms with Crippen LogP contribution in [-0.2, 0) is 4.57 Å². The standard InChI is InChI=1S/C18H14BrO4P/c19-15-8-7-13-18(14-15)23-24(20,21-16-9-3-1-4-10-16)22-17-11-5-2-6-12-17/h1-14H. The second-order valence-corrected chi connectivity index (χ2v) is 7.16. The zero-order valence-corrected chi connectivity index (χ0v) is 15.0. The van der Waals surface area contributed by atoms with E-state index in [1.807, 2.05) is 18.2 Å². The minimum absolute atomic E-state index is 0.375. The Morgan fingerprint density at radius 3 is 1.58 bits per heavy atom. The fourth-order valence-electron chi connectivity index (χ4n) is 1.93. The second-order valence-electron chi connectivity index (χ2n) is 4.80. The highest BCUT2D eigenvalue weighted by atomic mass is 79.9. The van der Waals surface area contributed by atoms with Crippen LogP contribution in [0.3, 0.4) is 0 Å². The number of halogens is 1. The van der Waals surface area contributed by atoms with E-state index >= 15 is 0 Å². The van der Waals surface area contributed by atoms with E-state index < -0.39 is 7.82 Å². The highest BCUT2D eigenvalue weighted by Crippen LogP contribution is 2.49. The summed E-state index contributed by atoms with van der Waals surface area (Å²) in [6.07, 6.45) is 0. The van der Waals surface area contributed by atoms with Gasteiger partial charge in [-0.3, -0.25) is 0 Å². The molecule has 0 atom stereocenters. The Labute approximate surface area is 148 Å². The average molecular weight is 405 g/mol. The van der Waals surface area contributed by atoms with Gasteiger partial charge in [-0.15, -0.1) is 0 Å². The molecule has 0 saturated heterocycles. The van der Waals surface area contributed by atoms with Gasteiger partial charge in [-0.2, -0.15) is 4.57 Å². The summed E-state index contributed by atoms with van der Waals surface area (Å²) in [5, 5.41) is 0. The lowest BCUT2D eigenvalue weighted by Gasteiger charge is -2.19. The van der Waals surface area contributed by atoms with Crippen molar-refractivity contribution in [2.24, 2.45) is 0 Å². The summed E-state index contributed by atoms with van der Waals surface area (Å²) >= 11 is 3.35. The molecule has 0 radical (unpaired) electrons. The van der Waals surface area contributed by atoms with E-state index in [9.17, 15) is 4.57 Å². The van der Waals surface area contributed by atoms with Crippen molar-refractivity contribution in [3.8, 4) is 17.2 Å². The Morgan fingerprint density at radius 1 is 0.625 bits per heavy atom. The van der Waals surface area contributed by atoms with E-state index in [1.54, 1.807) is 66.7 Å². The fourth-order valence-corrected chi connectivity index (χ4v) is 3.55. The lowest BCUT2D eigenvalue weighted by Crippen LogP contribution is -2.07. The first kappa shape index (κ1) is 16.6. The third-order valence-electron chi connectivity index (χ3n) is 2.93. The summed E-state index contributed by atoms with van der Waals surface area (Å²) in [7, 11) is -3.93. The molecule has 0 aliphatic heterocycles. The topological polar surface area (TPSA) is 44.8 Å². The van der Waals surface area contributed by atoms with Gasteiger partial charge in [0.25, 0.3) is 0 Å². The van der Waals surface area contributed by atoms with Gasteiger partial charge >= 0.3 is 7.82 Å². The highest BCUT2D eigenvalue weighted by Gasteiger charge is 2.33. The van der Waals surface area contributed by atoms with Gasteiger partial charge in [0.1, 0.15) is 17.2 Å². The summed E-state index contributed by atoms with van der Waals surface area (Å²) in [5.74, 6) is 1.16. The predicted octanol–water partition coefficient (Wildman–Crippen LogP) is 6.09. The molecule has 0 saturated carbocycles. The maximum Gasteiger partial charge on any atom is 0.647 e. The molecule has 0 unspecified atom stereocenters. The van der Waals surface area contributed by atoms with Crippen molar-refractivity contribution < 1.29 is 18.1 Å². The first-order chi connectivity index (χ1) is 11.6. The zero-order valence-electron chi connectivity index (χ0n) is 12.5. The highest BCUT2D eigenvalue weighted by molar-refractivity contribution is 9.10. The molecule has 0 heterocycles. The molecule has 122 valence electrons.